The predicted molar refractivity (Wildman–Crippen MR) is 156 cm³/mol. The van der Waals surface area contributed by atoms with Crippen molar-refractivity contribution in [2.45, 2.75) is 51.9 Å². The number of methoxy groups -OCH3 is 2. The van der Waals surface area contributed by atoms with E-state index in [4.69, 9.17) is 14.5 Å². The molecule has 0 saturated carbocycles. The van der Waals surface area contributed by atoms with Crippen LogP contribution in [-0.2, 0) is 24.3 Å². The molecule has 7 heteroatoms. The maximum Gasteiger partial charge on any atom is 0.227 e. The van der Waals surface area contributed by atoms with Gasteiger partial charge in [0.2, 0.25) is 5.91 Å². The van der Waals surface area contributed by atoms with Crippen molar-refractivity contribution in [2.75, 3.05) is 20.8 Å². The standard InChI is InChI=1S/C32H40N4O3/c1-5-36-23(2)30(31(37)33-21-25-11-16-27(38-3)17-12-25)29(20-15-24-9-7-6-8-10-24)35-32(36)34-22-26-13-18-28(39-4)19-14-26/h6-14,16-19,23,29-30H,5,15,20-22H2,1-4H3,(H,33,37)(H,34,35)/t23-,29+,30-/m1/s1. The molecule has 3 aromatic rings. The van der Waals surface area contributed by atoms with Crippen LogP contribution in [0.25, 0.3) is 0 Å². The topological polar surface area (TPSA) is 75.2 Å². The number of hydrogen-bond acceptors (Lipinski definition) is 4. The van der Waals surface area contributed by atoms with Gasteiger partial charge in [0.05, 0.1) is 26.7 Å². The van der Waals surface area contributed by atoms with E-state index in [0.29, 0.717) is 13.1 Å². The molecule has 1 heterocycles. The molecule has 39 heavy (non-hydrogen) atoms. The Bertz CT molecular complexity index is 1210. The third kappa shape index (κ3) is 7.31. The molecular formula is C32H40N4O3. The summed E-state index contributed by atoms with van der Waals surface area (Å²) in [4.78, 5) is 20.9. The van der Waals surface area contributed by atoms with Crippen molar-refractivity contribution in [3.63, 3.8) is 0 Å². The Kier molecular flexibility index (Phi) is 9.84. The molecule has 1 fully saturated rings. The Labute approximate surface area is 232 Å². The van der Waals surface area contributed by atoms with Crippen molar-refractivity contribution in [3.8, 4) is 11.5 Å². The van der Waals surface area contributed by atoms with Gasteiger partial charge in [-0.15, -0.1) is 0 Å². The van der Waals surface area contributed by atoms with Crippen molar-refractivity contribution in [3.05, 3.63) is 95.6 Å². The zero-order valence-corrected chi connectivity index (χ0v) is 23.4. The smallest absolute Gasteiger partial charge is 0.227 e. The van der Waals surface area contributed by atoms with Crippen LogP contribution in [0.4, 0.5) is 0 Å². The van der Waals surface area contributed by atoms with Gasteiger partial charge in [0.1, 0.15) is 11.5 Å². The number of amides is 1. The molecule has 0 aromatic heterocycles. The molecule has 3 aromatic carbocycles. The lowest BCUT2D eigenvalue weighted by Gasteiger charge is -2.45. The molecule has 206 valence electrons. The molecule has 0 unspecified atom stereocenters. The second-order valence-electron chi connectivity index (χ2n) is 9.88. The molecule has 0 bridgehead atoms. The number of ether oxygens (including phenoxy) is 2. The molecule has 1 amide bonds. The largest absolute Gasteiger partial charge is 0.497 e. The first-order chi connectivity index (χ1) is 19.0. The normalized spacial score (nSPS) is 19.8. The minimum absolute atomic E-state index is 0.0116. The Hall–Kier alpha value is -4.00. The second-order valence-corrected chi connectivity index (χ2v) is 9.88. The first-order valence-electron chi connectivity index (χ1n) is 13.7. The summed E-state index contributed by atoms with van der Waals surface area (Å²) in [7, 11) is 3.32. The zero-order valence-electron chi connectivity index (χ0n) is 23.4. The van der Waals surface area contributed by atoms with Crippen molar-refractivity contribution in [1.29, 1.82) is 0 Å². The Morgan fingerprint density at radius 1 is 0.897 bits per heavy atom. The molecule has 1 saturated heterocycles. The van der Waals surface area contributed by atoms with Crippen molar-refractivity contribution < 1.29 is 14.3 Å². The number of nitrogens with zero attached hydrogens (tertiary/aromatic N) is 2. The van der Waals surface area contributed by atoms with Crippen LogP contribution >= 0.6 is 0 Å². The highest BCUT2D eigenvalue weighted by Crippen LogP contribution is 2.25. The van der Waals surface area contributed by atoms with E-state index in [2.05, 4.69) is 53.6 Å². The van der Waals surface area contributed by atoms with Gasteiger partial charge < -0.3 is 25.0 Å². The van der Waals surface area contributed by atoms with Crippen LogP contribution in [-0.4, -0.2) is 49.6 Å². The predicted octanol–water partition coefficient (Wildman–Crippen LogP) is 4.81. The summed E-state index contributed by atoms with van der Waals surface area (Å²) in [5, 5.41) is 6.86. The zero-order chi connectivity index (χ0) is 27.6. The summed E-state index contributed by atoms with van der Waals surface area (Å²) in [5.74, 6) is 2.30. The molecule has 4 rings (SSSR count). The Morgan fingerprint density at radius 2 is 1.51 bits per heavy atom. The number of guanidine groups is 1. The lowest BCUT2D eigenvalue weighted by molar-refractivity contribution is -0.128. The summed E-state index contributed by atoms with van der Waals surface area (Å²) in [5.41, 5.74) is 3.41. The van der Waals surface area contributed by atoms with Crippen LogP contribution in [0.15, 0.2) is 83.9 Å². The highest BCUT2D eigenvalue weighted by atomic mass is 16.5. The minimum Gasteiger partial charge on any atom is -0.497 e. The number of aryl methyl sites for hydroxylation is 1. The lowest BCUT2D eigenvalue weighted by Crippen LogP contribution is -2.65. The molecule has 0 spiro atoms. The number of benzene rings is 3. The monoisotopic (exact) mass is 528 g/mol. The van der Waals surface area contributed by atoms with E-state index in [1.54, 1.807) is 14.2 Å². The fourth-order valence-electron chi connectivity index (χ4n) is 5.20. The van der Waals surface area contributed by atoms with Gasteiger partial charge in [-0.1, -0.05) is 54.6 Å². The molecule has 0 aliphatic carbocycles. The van der Waals surface area contributed by atoms with Gasteiger partial charge in [-0.3, -0.25) is 4.79 Å². The number of carbonyl (C=O) groups is 1. The van der Waals surface area contributed by atoms with Gasteiger partial charge in [-0.05, 0) is 67.6 Å². The van der Waals surface area contributed by atoms with E-state index in [9.17, 15) is 4.79 Å². The third-order valence-electron chi connectivity index (χ3n) is 7.46. The minimum atomic E-state index is -0.230. The molecule has 2 N–H and O–H groups in total. The summed E-state index contributed by atoms with van der Waals surface area (Å²) in [6.45, 7) is 6.03. The van der Waals surface area contributed by atoms with E-state index in [1.807, 2.05) is 54.6 Å². The SMILES string of the molecule is CCN1C(=NCc2ccc(OC)cc2)N[C@@H](CCc2ccccc2)[C@H](C(=O)NCc2ccc(OC)cc2)[C@H]1C. The highest BCUT2D eigenvalue weighted by molar-refractivity contribution is 5.87. The first-order valence-corrected chi connectivity index (χ1v) is 13.7. The van der Waals surface area contributed by atoms with Crippen LogP contribution < -0.4 is 20.1 Å². The van der Waals surface area contributed by atoms with E-state index in [0.717, 1.165) is 48.0 Å². The summed E-state index contributed by atoms with van der Waals surface area (Å²) in [6, 6.07) is 26.2. The summed E-state index contributed by atoms with van der Waals surface area (Å²) in [6.07, 6.45) is 1.71. The molecule has 3 atom stereocenters. The van der Waals surface area contributed by atoms with Crippen molar-refractivity contribution in [2.24, 2.45) is 10.9 Å². The van der Waals surface area contributed by atoms with Gasteiger partial charge in [0.15, 0.2) is 5.96 Å². The van der Waals surface area contributed by atoms with Crippen LogP contribution in [0, 0.1) is 5.92 Å². The van der Waals surface area contributed by atoms with Gasteiger partial charge in [-0.2, -0.15) is 0 Å². The number of nitrogens with one attached hydrogen (secondary N) is 2. The lowest BCUT2D eigenvalue weighted by atomic mass is 9.85. The average molecular weight is 529 g/mol. The molecule has 0 radical (unpaired) electrons. The van der Waals surface area contributed by atoms with Crippen LogP contribution in [0.1, 0.15) is 37.0 Å². The number of carbonyl (C=O) groups excluding carboxylic acids is 1. The fraction of sp³-hybridized carbons (Fsp3) is 0.375. The van der Waals surface area contributed by atoms with E-state index in [-0.39, 0.29) is 23.9 Å². The van der Waals surface area contributed by atoms with Gasteiger partial charge in [0.25, 0.3) is 0 Å². The third-order valence-corrected chi connectivity index (χ3v) is 7.46. The number of hydrogen-bond donors (Lipinski definition) is 2. The van der Waals surface area contributed by atoms with Crippen LogP contribution in [0.2, 0.25) is 0 Å². The quantitative estimate of drug-likeness (QED) is 0.374. The Morgan fingerprint density at radius 3 is 2.10 bits per heavy atom. The summed E-state index contributed by atoms with van der Waals surface area (Å²) >= 11 is 0. The maximum atomic E-state index is 13.7. The molecule has 7 nitrogen and oxygen atoms in total. The van der Waals surface area contributed by atoms with Crippen molar-refractivity contribution in [1.82, 2.24) is 15.5 Å². The van der Waals surface area contributed by atoms with Gasteiger partial charge >= 0.3 is 0 Å². The Balaban J connectivity index is 1.52. The van der Waals surface area contributed by atoms with E-state index < -0.39 is 0 Å². The molecular weight excluding hydrogens is 488 g/mol. The number of aliphatic imine (C=N–C) groups is 1. The van der Waals surface area contributed by atoms with E-state index in [1.165, 1.54) is 5.56 Å². The second kappa shape index (κ2) is 13.7. The molecule has 1 aliphatic heterocycles. The molecule has 1 aliphatic rings. The van der Waals surface area contributed by atoms with Crippen LogP contribution in [0.5, 0.6) is 11.5 Å². The fourth-order valence-corrected chi connectivity index (χ4v) is 5.20. The first kappa shape index (κ1) is 28.0. The van der Waals surface area contributed by atoms with Gasteiger partial charge in [0, 0.05) is 25.2 Å². The van der Waals surface area contributed by atoms with E-state index >= 15 is 0 Å². The highest BCUT2D eigenvalue weighted by Gasteiger charge is 2.41. The average Bonchev–Trinajstić information content (AvgIpc) is 2.98. The van der Waals surface area contributed by atoms with Crippen LogP contribution in [0.3, 0.4) is 0 Å². The van der Waals surface area contributed by atoms with Crippen molar-refractivity contribution >= 4 is 11.9 Å². The number of rotatable bonds is 11. The van der Waals surface area contributed by atoms with Gasteiger partial charge in [-0.25, -0.2) is 4.99 Å². The maximum absolute atomic E-state index is 13.7. The summed E-state index contributed by atoms with van der Waals surface area (Å²) < 4.78 is 10.5.